The van der Waals surface area contributed by atoms with E-state index in [-0.39, 0.29) is 24.3 Å². The monoisotopic (exact) mass is 384 g/mol. The van der Waals surface area contributed by atoms with Gasteiger partial charge in [0.2, 0.25) is 0 Å². The van der Waals surface area contributed by atoms with Gasteiger partial charge in [0.1, 0.15) is 12.2 Å². The highest BCUT2D eigenvalue weighted by Gasteiger charge is 2.46. The lowest BCUT2D eigenvalue weighted by atomic mass is 9.95. The normalized spacial score (nSPS) is 27.3. The van der Waals surface area contributed by atoms with Crippen LogP contribution in [-0.4, -0.2) is 36.5 Å². The fraction of sp³-hybridized carbons (Fsp3) is 0.435. The van der Waals surface area contributed by atoms with Gasteiger partial charge < -0.3 is 18.9 Å². The van der Waals surface area contributed by atoms with Crippen LogP contribution in [-0.2, 0) is 37.0 Å². The third kappa shape index (κ3) is 5.41. The molecule has 0 radical (unpaired) electrons. The maximum absolute atomic E-state index is 11.7. The van der Waals surface area contributed by atoms with Crippen LogP contribution >= 0.6 is 0 Å². The Labute approximate surface area is 166 Å². The molecule has 2 aromatic carbocycles. The maximum atomic E-state index is 11.7. The summed E-state index contributed by atoms with van der Waals surface area (Å²) >= 11 is 0. The average Bonchev–Trinajstić information content (AvgIpc) is 2.69. The lowest BCUT2D eigenvalue weighted by Gasteiger charge is -2.44. The summed E-state index contributed by atoms with van der Waals surface area (Å²) in [6.07, 6.45) is -1.78. The third-order valence-corrected chi connectivity index (χ3v) is 4.87. The molecule has 2 aromatic rings. The van der Waals surface area contributed by atoms with E-state index in [2.05, 4.69) is 0 Å². The number of rotatable bonds is 7. The number of hydrogen-bond acceptors (Lipinski definition) is 5. The Morgan fingerprint density at radius 2 is 1.25 bits per heavy atom. The molecule has 0 aliphatic carbocycles. The Hall–Kier alpha value is -2.21. The Bertz CT molecular complexity index is 733. The number of benzene rings is 2. The van der Waals surface area contributed by atoms with Gasteiger partial charge in [0.25, 0.3) is 0 Å². The third-order valence-electron chi connectivity index (χ3n) is 4.87. The van der Waals surface area contributed by atoms with E-state index in [4.69, 9.17) is 18.9 Å². The quantitative estimate of drug-likeness (QED) is 0.678. The zero-order valence-corrected chi connectivity index (χ0v) is 16.6. The molecule has 0 aromatic heterocycles. The highest BCUT2D eigenvalue weighted by molar-refractivity contribution is 5.66. The molecule has 0 N–H and O–H groups in total. The van der Waals surface area contributed by atoms with Gasteiger partial charge in [0, 0.05) is 6.92 Å². The Kier molecular flexibility index (Phi) is 7.20. The number of hydrogen-bond donors (Lipinski definition) is 0. The van der Waals surface area contributed by atoms with Gasteiger partial charge in [-0.05, 0) is 25.0 Å². The minimum absolute atomic E-state index is 0.189. The molecule has 1 aliphatic rings. The van der Waals surface area contributed by atoms with Gasteiger partial charge >= 0.3 is 5.97 Å². The van der Waals surface area contributed by atoms with Crippen molar-refractivity contribution in [3.05, 3.63) is 71.8 Å². The lowest BCUT2D eigenvalue weighted by molar-refractivity contribution is -0.251. The molecule has 5 atom stereocenters. The SMILES string of the molecule is CC(=O)OC1C(C)OC(C)[C@@H](OCc2ccccc2)[C@@H]1OCc1ccccc1. The molecular weight excluding hydrogens is 356 g/mol. The smallest absolute Gasteiger partial charge is 0.303 e. The van der Waals surface area contributed by atoms with Crippen LogP contribution in [0.15, 0.2) is 60.7 Å². The van der Waals surface area contributed by atoms with E-state index in [0.717, 1.165) is 11.1 Å². The highest BCUT2D eigenvalue weighted by atomic mass is 16.6. The molecule has 0 saturated carbocycles. The zero-order valence-electron chi connectivity index (χ0n) is 16.6. The number of carbonyl (C=O) groups is 1. The first-order chi connectivity index (χ1) is 13.5. The summed E-state index contributed by atoms with van der Waals surface area (Å²) in [5.41, 5.74) is 2.12. The van der Waals surface area contributed by atoms with Crippen LogP contribution in [0.3, 0.4) is 0 Å². The molecule has 1 fully saturated rings. The molecule has 1 aliphatic heterocycles. The number of ether oxygens (including phenoxy) is 4. The van der Waals surface area contributed by atoms with Crippen molar-refractivity contribution in [3.8, 4) is 0 Å². The van der Waals surface area contributed by atoms with Crippen LogP contribution in [0.1, 0.15) is 31.9 Å². The Morgan fingerprint density at radius 1 is 0.786 bits per heavy atom. The summed E-state index contributed by atoms with van der Waals surface area (Å²) in [7, 11) is 0. The molecule has 150 valence electrons. The van der Waals surface area contributed by atoms with Gasteiger partial charge in [-0.15, -0.1) is 0 Å². The van der Waals surface area contributed by atoms with Gasteiger partial charge in [-0.25, -0.2) is 0 Å². The minimum Gasteiger partial charge on any atom is -0.457 e. The summed E-state index contributed by atoms with van der Waals surface area (Å²) in [5, 5.41) is 0. The standard InChI is InChI=1S/C23H28O5/c1-16-21(25-14-19-10-6-4-7-11-19)23(22(17(2)27-16)28-18(3)24)26-15-20-12-8-5-9-13-20/h4-13,16-17,21-23H,14-15H2,1-3H3/t16?,17?,21-,22?,23+/m1/s1. The summed E-state index contributed by atoms with van der Waals surface area (Å²) in [4.78, 5) is 11.7. The van der Waals surface area contributed by atoms with Crippen molar-refractivity contribution in [3.63, 3.8) is 0 Å². The first-order valence-corrected chi connectivity index (χ1v) is 9.68. The minimum atomic E-state index is -0.529. The van der Waals surface area contributed by atoms with Gasteiger partial charge in [-0.1, -0.05) is 60.7 Å². The van der Waals surface area contributed by atoms with E-state index >= 15 is 0 Å². The lowest BCUT2D eigenvalue weighted by Crippen LogP contribution is -2.58. The van der Waals surface area contributed by atoms with E-state index in [1.807, 2.05) is 74.5 Å². The van der Waals surface area contributed by atoms with Crippen LogP contribution < -0.4 is 0 Å². The first-order valence-electron chi connectivity index (χ1n) is 9.68. The predicted molar refractivity (Wildman–Crippen MR) is 106 cm³/mol. The second kappa shape index (κ2) is 9.82. The molecule has 1 saturated heterocycles. The van der Waals surface area contributed by atoms with Crippen molar-refractivity contribution in [1.82, 2.24) is 0 Å². The molecule has 5 heteroatoms. The van der Waals surface area contributed by atoms with E-state index in [9.17, 15) is 4.79 Å². The fourth-order valence-electron chi connectivity index (χ4n) is 3.52. The molecule has 28 heavy (non-hydrogen) atoms. The summed E-state index contributed by atoms with van der Waals surface area (Å²) < 4.78 is 24.0. The van der Waals surface area contributed by atoms with Gasteiger partial charge in [-0.3, -0.25) is 4.79 Å². The Morgan fingerprint density at radius 3 is 1.75 bits per heavy atom. The van der Waals surface area contributed by atoms with Crippen LogP contribution in [0.2, 0.25) is 0 Å². The highest BCUT2D eigenvalue weighted by Crippen LogP contribution is 2.29. The van der Waals surface area contributed by atoms with Crippen LogP contribution in [0.4, 0.5) is 0 Å². The molecule has 0 spiro atoms. The second-order valence-electron chi connectivity index (χ2n) is 7.14. The van der Waals surface area contributed by atoms with E-state index < -0.39 is 12.2 Å². The largest absolute Gasteiger partial charge is 0.457 e. The molecule has 1 heterocycles. The van der Waals surface area contributed by atoms with E-state index in [0.29, 0.717) is 13.2 Å². The van der Waals surface area contributed by atoms with Gasteiger partial charge in [0.15, 0.2) is 6.10 Å². The summed E-state index contributed by atoms with van der Waals surface area (Å²) in [6, 6.07) is 19.9. The molecule has 0 bridgehead atoms. The van der Waals surface area contributed by atoms with Crippen molar-refractivity contribution >= 4 is 5.97 Å². The number of esters is 1. The van der Waals surface area contributed by atoms with Crippen LogP contribution in [0.25, 0.3) is 0 Å². The fourth-order valence-corrected chi connectivity index (χ4v) is 3.52. The summed E-state index contributed by atoms with van der Waals surface area (Å²) in [6.45, 7) is 6.11. The van der Waals surface area contributed by atoms with Crippen molar-refractivity contribution in [2.45, 2.75) is 64.5 Å². The molecule has 5 nitrogen and oxygen atoms in total. The summed E-state index contributed by atoms with van der Waals surface area (Å²) in [5.74, 6) is -0.356. The van der Waals surface area contributed by atoms with Crippen molar-refractivity contribution in [2.75, 3.05) is 0 Å². The van der Waals surface area contributed by atoms with Crippen molar-refractivity contribution in [1.29, 1.82) is 0 Å². The topological polar surface area (TPSA) is 54.0 Å². The van der Waals surface area contributed by atoms with Crippen LogP contribution in [0, 0.1) is 0 Å². The molecular formula is C23H28O5. The van der Waals surface area contributed by atoms with Crippen molar-refractivity contribution < 1.29 is 23.7 Å². The molecule has 3 rings (SSSR count). The first kappa shape index (κ1) is 20.5. The van der Waals surface area contributed by atoms with E-state index in [1.54, 1.807) is 0 Å². The molecule has 3 unspecified atom stereocenters. The van der Waals surface area contributed by atoms with E-state index in [1.165, 1.54) is 6.92 Å². The van der Waals surface area contributed by atoms with Gasteiger partial charge in [0.05, 0.1) is 25.4 Å². The maximum Gasteiger partial charge on any atom is 0.303 e. The second-order valence-corrected chi connectivity index (χ2v) is 7.14. The average molecular weight is 384 g/mol. The van der Waals surface area contributed by atoms with Crippen molar-refractivity contribution in [2.24, 2.45) is 0 Å². The number of carbonyl (C=O) groups excluding carboxylic acids is 1. The Balaban J connectivity index is 1.76. The predicted octanol–water partition coefficient (Wildman–Crippen LogP) is 3.90. The van der Waals surface area contributed by atoms with Crippen LogP contribution in [0.5, 0.6) is 0 Å². The van der Waals surface area contributed by atoms with Gasteiger partial charge in [-0.2, -0.15) is 0 Å². The zero-order chi connectivity index (χ0) is 19.9. The molecule has 0 amide bonds.